The van der Waals surface area contributed by atoms with E-state index in [1.807, 2.05) is 26.0 Å². The summed E-state index contributed by atoms with van der Waals surface area (Å²) in [6.07, 6.45) is 0. The van der Waals surface area contributed by atoms with Crippen molar-refractivity contribution >= 4 is 0 Å². The molecule has 0 saturated heterocycles. The Morgan fingerprint density at radius 3 is 2.71 bits per heavy atom. The standard InChI is InChI=1S/C10H13N3O/c1-6-3-4-9(14-6)10-7(2)8(5-11)12-13-10/h3-4H,5,11H2,1-2H3,(H,12,13). The van der Waals surface area contributed by atoms with Crippen molar-refractivity contribution in [3.8, 4) is 11.5 Å². The molecule has 0 unspecified atom stereocenters. The van der Waals surface area contributed by atoms with Crippen LogP contribution in [0.1, 0.15) is 17.0 Å². The molecule has 0 spiro atoms. The molecule has 14 heavy (non-hydrogen) atoms. The van der Waals surface area contributed by atoms with Crippen LogP contribution >= 0.6 is 0 Å². The molecule has 0 saturated carbocycles. The summed E-state index contributed by atoms with van der Waals surface area (Å²) in [6, 6.07) is 3.84. The highest BCUT2D eigenvalue weighted by Crippen LogP contribution is 2.24. The SMILES string of the molecule is Cc1ccc(-c2n[nH]c(CN)c2C)o1. The van der Waals surface area contributed by atoms with Crippen LogP contribution in [0.5, 0.6) is 0 Å². The molecule has 4 nitrogen and oxygen atoms in total. The normalized spacial score (nSPS) is 10.8. The van der Waals surface area contributed by atoms with E-state index in [2.05, 4.69) is 10.2 Å². The monoisotopic (exact) mass is 191 g/mol. The molecule has 2 aromatic heterocycles. The summed E-state index contributed by atoms with van der Waals surface area (Å²) in [5, 5.41) is 7.07. The molecule has 0 radical (unpaired) electrons. The molecule has 0 bridgehead atoms. The lowest BCUT2D eigenvalue weighted by molar-refractivity contribution is 0.546. The number of aryl methyl sites for hydroxylation is 1. The van der Waals surface area contributed by atoms with Crippen molar-refractivity contribution in [2.45, 2.75) is 20.4 Å². The Morgan fingerprint density at radius 2 is 2.21 bits per heavy atom. The van der Waals surface area contributed by atoms with E-state index >= 15 is 0 Å². The van der Waals surface area contributed by atoms with E-state index in [9.17, 15) is 0 Å². The average molecular weight is 191 g/mol. The van der Waals surface area contributed by atoms with Gasteiger partial charge in [0, 0.05) is 12.1 Å². The zero-order chi connectivity index (χ0) is 10.1. The van der Waals surface area contributed by atoms with E-state index in [4.69, 9.17) is 10.2 Å². The summed E-state index contributed by atoms with van der Waals surface area (Å²) < 4.78 is 5.48. The minimum absolute atomic E-state index is 0.471. The van der Waals surface area contributed by atoms with Crippen molar-refractivity contribution in [2.75, 3.05) is 0 Å². The first kappa shape index (κ1) is 9.02. The van der Waals surface area contributed by atoms with Gasteiger partial charge in [-0.05, 0) is 26.0 Å². The Morgan fingerprint density at radius 1 is 1.43 bits per heavy atom. The molecule has 0 aliphatic carbocycles. The molecule has 0 atom stereocenters. The van der Waals surface area contributed by atoms with E-state index in [1.165, 1.54) is 0 Å². The number of nitrogens with zero attached hydrogens (tertiary/aromatic N) is 1. The summed E-state index contributed by atoms with van der Waals surface area (Å²) in [6.45, 7) is 4.37. The fraction of sp³-hybridized carbons (Fsp3) is 0.300. The molecule has 0 aliphatic heterocycles. The van der Waals surface area contributed by atoms with E-state index in [1.54, 1.807) is 0 Å². The molecule has 0 aromatic carbocycles. The van der Waals surface area contributed by atoms with Crippen LogP contribution in [0.25, 0.3) is 11.5 Å². The zero-order valence-electron chi connectivity index (χ0n) is 8.29. The maximum absolute atomic E-state index is 5.55. The molecule has 2 heterocycles. The quantitative estimate of drug-likeness (QED) is 0.759. The molecule has 0 amide bonds. The zero-order valence-corrected chi connectivity index (χ0v) is 8.29. The fourth-order valence-electron chi connectivity index (χ4n) is 1.43. The van der Waals surface area contributed by atoms with Gasteiger partial charge in [0.2, 0.25) is 0 Å². The fourth-order valence-corrected chi connectivity index (χ4v) is 1.43. The Balaban J connectivity index is 2.46. The summed E-state index contributed by atoms with van der Waals surface area (Å²) in [4.78, 5) is 0. The molecular formula is C10H13N3O. The number of rotatable bonds is 2. The Kier molecular flexibility index (Phi) is 2.13. The number of hydrogen-bond donors (Lipinski definition) is 2. The van der Waals surface area contributed by atoms with Crippen LogP contribution < -0.4 is 5.73 Å². The lowest BCUT2D eigenvalue weighted by Crippen LogP contribution is -1.98. The second kappa shape index (κ2) is 3.31. The first-order valence-electron chi connectivity index (χ1n) is 4.53. The van der Waals surface area contributed by atoms with Crippen LogP contribution in [0.3, 0.4) is 0 Å². The number of hydrogen-bond acceptors (Lipinski definition) is 3. The molecule has 4 heteroatoms. The van der Waals surface area contributed by atoms with Crippen LogP contribution in [0.15, 0.2) is 16.5 Å². The van der Waals surface area contributed by atoms with Crippen molar-refractivity contribution in [2.24, 2.45) is 5.73 Å². The minimum Gasteiger partial charge on any atom is -0.460 e. The van der Waals surface area contributed by atoms with Gasteiger partial charge in [0.15, 0.2) is 5.76 Å². The second-order valence-electron chi connectivity index (χ2n) is 3.29. The van der Waals surface area contributed by atoms with Crippen molar-refractivity contribution in [1.82, 2.24) is 10.2 Å². The minimum atomic E-state index is 0.471. The molecule has 3 N–H and O–H groups in total. The molecule has 74 valence electrons. The highest BCUT2D eigenvalue weighted by atomic mass is 16.3. The largest absolute Gasteiger partial charge is 0.460 e. The Bertz CT molecular complexity index is 442. The highest BCUT2D eigenvalue weighted by molar-refractivity contribution is 5.58. The van der Waals surface area contributed by atoms with E-state index in [0.29, 0.717) is 6.54 Å². The summed E-state index contributed by atoms with van der Waals surface area (Å²) in [5.74, 6) is 1.67. The number of nitrogens with two attached hydrogens (primary N) is 1. The van der Waals surface area contributed by atoms with Crippen LogP contribution in [0.2, 0.25) is 0 Å². The molecule has 0 aliphatic rings. The van der Waals surface area contributed by atoms with Crippen molar-refractivity contribution < 1.29 is 4.42 Å². The molecule has 0 fully saturated rings. The predicted octanol–water partition coefficient (Wildman–Crippen LogP) is 1.75. The number of nitrogens with one attached hydrogen (secondary N) is 1. The second-order valence-corrected chi connectivity index (χ2v) is 3.29. The topological polar surface area (TPSA) is 67.8 Å². The number of H-pyrrole nitrogens is 1. The van der Waals surface area contributed by atoms with Gasteiger partial charge in [0.25, 0.3) is 0 Å². The summed E-state index contributed by atoms with van der Waals surface area (Å²) >= 11 is 0. The Hall–Kier alpha value is -1.55. The third-order valence-electron chi connectivity index (χ3n) is 2.29. The third-order valence-corrected chi connectivity index (χ3v) is 2.29. The third kappa shape index (κ3) is 1.33. The van der Waals surface area contributed by atoms with Gasteiger partial charge in [-0.25, -0.2) is 0 Å². The highest BCUT2D eigenvalue weighted by Gasteiger charge is 2.12. The van der Waals surface area contributed by atoms with Crippen molar-refractivity contribution in [1.29, 1.82) is 0 Å². The summed E-state index contributed by atoms with van der Waals surface area (Å²) in [5.41, 5.74) is 8.40. The summed E-state index contributed by atoms with van der Waals surface area (Å²) in [7, 11) is 0. The van der Waals surface area contributed by atoms with Crippen LogP contribution in [-0.4, -0.2) is 10.2 Å². The first-order chi connectivity index (χ1) is 6.72. The molecular weight excluding hydrogens is 178 g/mol. The Labute approximate surface area is 82.1 Å². The van der Waals surface area contributed by atoms with E-state index < -0.39 is 0 Å². The number of furan rings is 1. The van der Waals surface area contributed by atoms with Gasteiger partial charge in [-0.3, -0.25) is 5.10 Å². The molecule has 2 aromatic rings. The van der Waals surface area contributed by atoms with Crippen LogP contribution in [0, 0.1) is 13.8 Å². The molecule has 2 rings (SSSR count). The number of aromatic amines is 1. The van der Waals surface area contributed by atoms with Gasteiger partial charge in [-0.1, -0.05) is 0 Å². The van der Waals surface area contributed by atoms with Crippen molar-refractivity contribution in [3.05, 3.63) is 29.2 Å². The van der Waals surface area contributed by atoms with Gasteiger partial charge in [0.05, 0.1) is 5.69 Å². The van der Waals surface area contributed by atoms with Crippen LogP contribution in [0.4, 0.5) is 0 Å². The maximum Gasteiger partial charge on any atom is 0.154 e. The van der Waals surface area contributed by atoms with Crippen molar-refractivity contribution in [3.63, 3.8) is 0 Å². The van der Waals surface area contributed by atoms with Gasteiger partial charge in [-0.2, -0.15) is 5.10 Å². The maximum atomic E-state index is 5.55. The smallest absolute Gasteiger partial charge is 0.154 e. The van der Waals surface area contributed by atoms with Gasteiger partial charge < -0.3 is 10.2 Å². The van der Waals surface area contributed by atoms with Gasteiger partial charge in [0.1, 0.15) is 11.5 Å². The van der Waals surface area contributed by atoms with Crippen LogP contribution in [-0.2, 0) is 6.54 Å². The lowest BCUT2D eigenvalue weighted by Gasteiger charge is -1.94. The first-order valence-corrected chi connectivity index (χ1v) is 4.53. The number of aromatic nitrogens is 2. The van der Waals surface area contributed by atoms with E-state index in [0.717, 1.165) is 28.5 Å². The lowest BCUT2D eigenvalue weighted by atomic mass is 10.2. The van der Waals surface area contributed by atoms with Gasteiger partial charge in [-0.15, -0.1) is 0 Å². The predicted molar refractivity (Wildman–Crippen MR) is 53.7 cm³/mol. The van der Waals surface area contributed by atoms with Gasteiger partial charge >= 0.3 is 0 Å². The van der Waals surface area contributed by atoms with E-state index in [-0.39, 0.29) is 0 Å². The average Bonchev–Trinajstić information content (AvgIpc) is 2.72.